The molecule has 2 amide bonds. The van der Waals surface area contributed by atoms with Gasteiger partial charge >= 0.3 is 0 Å². The smallest absolute Gasteiger partial charge is 0.290 e. The van der Waals surface area contributed by atoms with Crippen LogP contribution >= 0.6 is 0 Å². The van der Waals surface area contributed by atoms with Gasteiger partial charge in [0.25, 0.3) is 6.47 Å². The summed E-state index contributed by atoms with van der Waals surface area (Å²) < 4.78 is 19.3. The number of benzene rings is 1. The van der Waals surface area contributed by atoms with Crippen LogP contribution in [0.1, 0.15) is 25.7 Å². The molecule has 2 N–H and O–H groups in total. The number of amides is 2. The van der Waals surface area contributed by atoms with Crippen LogP contribution in [0.4, 0.5) is 10.1 Å². The molecular weight excluding hydrogens is 381 g/mol. The van der Waals surface area contributed by atoms with Gasteiger partial charge in [0.15, 0.2) is 11.6 Å². The third kappa shape index (κ3) is 6.87. The van der Waals surface area contributed by atoms with E-state index in [1.54, 1.807) is 29.2 Å². The summed E-state index contributed by atoms with van der Waals surface area (Å²) in [5.74, 6) is -0.763. The van der Waals surface area contributed by atoms with Crippen LogP contribution in [0.3, 0.4) is 0 Å². The Morgan fingerprint density at radius 2 is 2.00 bits per heavy atom. The van der Waals surface area contributed by atoms with Gasteiger partial charge in [-0.25, -0.2) is 9.37 Å². The van der Waals surface area contributed by atoms with Crippen molar-refractivity contribution in [2.45, 2.75) is 25.7 Å². The molecule has 2 aromatic rings. The summed E-state index contributed by atoms with van der Waals surface area (Å²) in [5, 5.41) is 9.58. The number of aromatic nitrogens is 1. The SMILES string of the molecule is O=C(CN1CCCCCC1=O)Nc1cccnc1Oc1ccccc1F.O=CO. The average molecular weight is 403 g/mol. The number of para-hydroxylation sites is 1. The van der Waals surface area contributed by atoms with Crippen molar-refractivity contribution in [3.05, 3.63) is 48.4 Å². The van der Waals surface area contributed by atoms with Gasteiger partial charge < -0.3 is 20.1 Å². The standard InChI is InChI=1S/C19H20FN3O3.CH2O2/c20-14-7-3-4-9-16(14)26-19-15(8-6-11-21-19)22-17(24)13-23-12-5-1-2-10-18(23)25;2-1-3/h3-4,6-9,11H,1-2,5,10,12-13H2,(H,22,24);1H,(H,2,3). The van der Waals surface area contributed by atoms with Crippen LogP contribution < -0.4 is 10.1 Å². The minimum atomic E-state index is -0.523. The second-order valence-electron chi connectivity index (χ2n) is 6.17. The van der Waals surface area contributed by atoms with E-state index in [2.05, 4.69) is 10.3 Å². The van der Waals surface area contributed by atoms with E-state index in [0.29, 0.717) is 18.7 Å². The molecule has 0 radical (unpaired) electrons. The van der Waals surface area contributed by atoms with E-state index in [-0.39, 0.29) is 36.5 Å². The van der Waals surface area contributed by atoms with Crippen molar-refractivity contribution >= 4 is 24.0 Å². The Kier molecular flexibility index (Phi) is 8.55. The topological polar surface area (TPSA) is 109 Å². The summed E-state index contributed by atoms with van der Waals surface area (Å²) in [6, 6.07) is 9.21. The van der Waals surface area contributed by atoms with Gasteiger partial charge in [0.1, 0.15) is 5.69 Å². The molecule has 1 aliphatic heterocycles. The first-order chi connectivity index (χ1) is 14.0. The minimum Gasteiger partial charge on any atom is -0.483 e. The highest BCUT2D eigenvalue weighted by Crippen LogP contribution is 2.28. The van der Waals surface area contributed by atoms with Crippen molar-refractivity contribution in [1.29, 1.82) is 0 Å². The van der Waals surface area contributed by atoms with Gasteiger partial charge in [-0.3, -0.25) is 14.4 Å². The van der Waals surface area contributed by atoms with Crippen LogP contribution in [0.15, 0.2) is 42.6 Å². The molecule has 0 spiro atoms. The molecule has 1 aromatic heterocycles. The molecular formula is C20H22FN3O5. The number of ether oxygens (including phenoxy) is 1. The van der Waals surface area contributed by atoms with E-state index in [4.69, 9.17) is 14.6 Å². The predicted molar refractivity (Wildman–Crippen MR) is 103 cm³/mol. The first-order valence-corrected chi connectivity index (χ1v) is 9.08. The Labute approximate surface area is 167 Å². The summed E-state index contributed by atoms with van der Waals surface area (Å²) in [4.78, 5) is 38.4. The molecule has 0 atom stereocenters. The Morgan fingerprint density at radius 1 is 1.24 bits per heavy atom. The molecule has 0 aliphatic carbocycles. The highest BCUT2D eigenvalue weighted by Gasteiger charge is 2.20. The summed E-state index contributed by atoms with van der Waals surface area (Å²) in [5.41, 5.74) is 0.322. The van der Waals surface area contributed by atoms with Gasteiger partial charge in [0.2, 0.25) is 17.7 Å². The Bertz CT molecular complexity index is 846. The first kappa shape index (κ1) is 21.8. The van der Waals surface area contributed by atoms with Gasteiger partial charge in [-0.05, 0) is 37.1 Å². The highest BCUT2D eigenvalue weighted by atomic mass is 19.1. The summed E-state index contributed by atoms with van der Waals surface area (Å²) in [7, 11) is 0. The van der Waals surface area contributed by atoms with E-state index < -0.39 is 5.82 Å². The Balaban J connectivity index is 0.000000941. The van der Waals surface area contributed by atoms with Crippen molar-refractivity contribution in [2.75, 3.05) is 18.4 Å². The highest BCUT2D eigenvalue weighted by molar-refractivity contribution is 5.95. The molecule has 1 saturated heterocycles. The maximum atomic E-state index is 13.8. The molecule has 0 unspecified atom stereocenters. The van der Waals surface area contributed by atoms with Gasteiger partial charge in [-0.2, -0.15) is 0 Å². The number of likely N-dealkylation sites (tertiary alicyclic amines) is 1. The lowest BCUT2D eigenvalue weighted by molar-refractivity contribution is -0.134. The van der Waals surface area contributed by atoms with Crippen LogP contribution in [0.5, 0.6) is 11.6 Å². The van der Waals surface area contributed by atoms with E-state index in [9.17, 15) is 14.0 Å². The number of nitrogens with one attached hydrogen (secondary N) is 1. The van der Waals surface area contributed by atoms with Gasteiger partial charge in [-0.15, -0.1) is 0 Å². The Hall–Kier alpha value is -3.49. The van der Waals surface area contributed by atoms with Crippen molar-refractivity contribution in [2.24, 2.45) is 0 Å². The molecule has 0 saturated carbocycles. The molecule has 1 aliphatic rings. The second-order valence-corrected chi connectivity index (χ2v) is 6.17. The number of anilines is 1. The lowest BCUT2D eigenvalue weighted by Crippen LogP contribution is -2.37. The largest absolute Gasteiger partial charge is 0.483 e. The number of carbonyl (C=O) groups is 3. The third-order valence-electron chi connectivity index (χ3n) is 4.09. The molecule has 1 fully saturated rings. The van der Waals surface area contributed by atoms with E-state index >= 15 is 0 Å². The number of pyridine rings is 1. The molecule has 29 heavy (non-hydrogen) atoms. The normalized spacial score (nSPS) is 13.6. The predicted octanol–water partition coefficient (Wildman–Crippen LogP) is 3.05. The van der Waals surface area contributed by atoms with Crippen molar-refractivity contribution in [3.8, 4) is 11.6 Å². The number of rotatable bonds is 5. The zero-order valence-electron chi connectivity index (χ0n) is 15.7. The van der Waals surface area contributed by atoms with Crippen LogP contribution in [0.2, 0.25) is 0 Å². The van der Waals surface area contributed by atoms with Crippen LogP contribution in [-0.4, -0.2) is 46.4 Å². The first-order valence-electron chi connectivity index (χ1n) is 9.08. The molecule has 154 valence electrons. The van der Waals surface area contributed by atoms with E-state index in [1.807, 2.05) is 0 Å². The van der Waals surface area contributed by atoms with Gasteiger partial charge in [-0.1, -0.05) is 18.6 Å². The minimum absolute atomic E-state index is 0.00772. The number of carboxylic acid groups (broad SMARTS) is 1. The Morgan fingerprint density at radius 3 is 2.76 bits per heavy atom. The number of hydrogen-bond acceptors (Lipinski definition) is 5. The maximum absolute atomic E-state index is 13.8. The fourth-order valence-electron chi connectivity index (χ4n) is 2.77. The maximum Gasteiger partial charge on any atom is 0.290 e. The lowest BCUT2D eigenvalue weighted by atomic mass is 10.2. The quantitative estimate of drug-likeness (QED) is 0.743. The van der Waals surface area contributed by atoms with Crippen molar-refractivity contribution in [1.82, 2.24) is 9.88 Å². The fourth-order valence-corrected chi connectivity index (χ4v) is 2.77. The zero-order valence-corrected chi connectivity index (χ0v) is 15.7. The van der Waals surface area contributed by atoms with Crippen molar-refractivity contribution < 1.29 is 28.6 Å². The summed E-state index contributed by atoms with van der Waals surface area (Å²) in [6.07, 6.45) is 4.72. The van der Waals surface area contributed by atoms with Crippen LogP contribution in [0.25, 0.3) is 0 Å². The number of hydrogen-bond donors (Lipinski definition) is 2. The third-order valence-corrected chi connectivity index (χ3v) is 4.09. The summed E-state index contributed by atoms with van der Waals surface area (Å²) >= 11 is 0. The van der Waals surface area contributed by atoms with Gasteiger partial charge in [0.05, 0.1) is 6.54 Å². The average Bonchev–Trinajstić information content (AvgIpc) is 2.90. The van der Waals surface area contributed by atoms with Crippen LogP contribution in [0, 0.1) is 5.82 Å². The molecule has 3 rings (SSSR count). The molecule has 9 heteroatoms. The number of nitrogens with zero attached hydrogens (tertiary/aromatic N) is 2. The lowest BCUT2D eigenvalue weighted by Gasteiger charge is -2.20. The fraction of sp³-hybridized carbons (Fsp3) is 0.300. The monoisotopic (exact) mass is 403 g/mol. The molecule has 1 aromatic carbocycles. The van der Waals surface area contributed by atoms with Gasteiger partial charge in [0, 0.05) is 19.2 Å². The zero-order chi connectivity index (χ0) is 21.1. The summed E-state index contributed by atoms with van der Waals surface area (Å²) in [6.45, 7) is 0.310. The number of carbonyl (C=O) groups excluding carboxylic acids is 2. The molecule has 2 heterocycles. The molecule has 0 bridgehead atoms. The van der Waals surface area contributed by atoms with Crippen molar-refractivity contribution in [3.63, 3.8) is 0 Å². The second kappa shape index (κ2) is 11.4. The molecule has 8 nitrogen and oxygen atoms in total. The van der Waals surface area contributed by atoms with Crippen LogP contribution in [-0.2, 0) is 14.4 Å². The van der Waals surface area contributed by atoms with E-state index in [0.717, 1.165) is 19.3 Å². The number of halogens is 1. The van der Waals surface area contributed by atoms with E-state index in [1.165, 1.54) is 18.3 Å².